The van der Waals surface area contributed by atoms with Crippen molar-refractivity contribution in [2.24, 2.45) is 0 Å². The predicted molar refractivity (Wildman–Crippen MR) is 194 cm³/mol. The minimum absolute atomic E-state index is 0.229. The molecule has 13 heteroatoms. The summed E-state index contributed by atoms with van der Waals surface area (Å²) in [5.74, 6) is 1.21. The Labute approximate surface area is 303 Å². The monoisotopic (exact) mass is 906 g/mol. The van der Waals surface area contributed by atoms with E-state index in [1.54, 1.807) is 24.3 Å². The van der Waals surface area contributed by atoms with Crippen LogP contribution in [0.5, 0.6) is 34.5 Å². The van der Waals surface area contributed by atoms with E-state index in [-0.39, 0.29) is 11.1 Å². The fourth-order valence-corrected chi connectivity index (χ4v) is 46.7. The maximum absolute atomic E-state index is 14.3. The first-order valence-corrected chi connectivity index (χ1v) is 30.1. The van der Waals surface area contributed by atoms with Crippen molar-refractivity contribution in [3.63, 3.8) is 0 Å². The molecule has 49 heavy (non-hydrogen) atoms. The molecule has 0 heterocycles. The quantitative estimate of drug-likeness (QED) is 0.0941. The maximum atomic E-state index is 14.3. The number of carbonyl (C=O) groups excluding carboxylic acids is 2. The fourth-order valence-electron chi connectivity index (χ4n) is 5.65. The van der Waals surface area contributed by atoms with Gasteiger partial charge in [0.2, 0.25) is 0 Å². The van der Waals surface area contributed by atoms with Crippen LogP contribution < -0.4 is 28.4 Å². The second-order valence-electron chi connectivity index (χ2n) is 11.9. The molecule has 0 atom stereocenters. The zero-order valence-electron chi connectivity index (χ0n) is 31.3. The molecular formula is C36H58O11Sn2. The van der Waals surface area contributed by atoms with Crippen LogP contribution in [0.15, 0.2) is 24.3 Å². The van der Waals surface area contributed by atoms with Gasteiger partial charge in [-0.25, -0.2) is 0 Å². The molecule has 11 nitrogen and oxygen atoms in total. The first-order chi connectivity index (χ1) is 23.6. The van der Waals surface area contributed by atoms with Gasteiger partial charge in [-0.1, -0.05) is 0 Å². The summed E-state index contributed by atoms with van der Waals surface area (Å²) in [7, 11) is 9.08. The van der Waals surface area contributed by atoms with E-state index < -0.39 is 50.3 Å². The number of methoxy groups -OCH3 is 6. The van der Waals surface area contributed by atoms with Gasteiger partial charge in [0.05, 0.1) is 0 Å². The first-order valence-electron chi connectivity index (χ1n) is 17.4. The van der Waals surface area contributed by atoms with Crippen LogP contribution in [-0.2, 0) is 7.56 Å². The summed E-state index contributed by atoms with van der Waals surface area (Å²) in [6.07, 6.45) is 6.93. The molecule has 0 aromatic heterocycles. The van der Waals surface area contributed by atoms with Crippen LogP contribution in [0.4, 0.5) is 0 Å². The molecule has 0 amide bonds. The van der Waals surface area contributed by atoms with E-state index in [4.69, 9.17) is 36.0 Å². The number of hydrogen-bond donors (Lipinski definition) is 0. The van der Waals surface area contributed by atoms with Crippen molar-refractivity contribution >= 4 is 50.3 Å². The first kappa shape index (κ1) is 42.9. The second-order valence-corrected chi connectivity index (χ2v) is 33.7. The number of ether oxygens (including phenoxy) is 6. The van der Waals surface area contributed by atoms with Crippen molar-refractivity contribution in [1.29, 1.82) is 0 Å². The third-order valence-corrected chi connectivity index (χ3v) is 40.7. The standard InChI is InChI=1S/2C10H12O5.4C4H9.O.2Sn/c2*1-13-7-5-9(15-3)8(14-2)4-6(7)10(11)12;4*1-3-4-2;;;/h2*4-5H,1-3H3,(H,11,12);4*1,3-4H2,2H3;;;/q;;;;;;;2*+1/p-2. The summed E-state index contributed by atoms with van der Waals surface area (Å²) in [6.45, 7) is 8.46. The molecule has 0 fully saturated rings. The Hall–Kier alpha value is -2.26. The topological polar surface area (TPSA) is 117 Å². The fraction of sp³-hybridized carbons (Fsp3) is 0.611. The van der Waals surface area contributed by atoms with Crippen LogP contribution in [0.1, 0.15) is 99.8 Å². The molecular weight excluding hydrogens is 846 g/mol. The van der Waals surface area contributed by atoms with Crippen molar-refractivity contribution in [1.82, 2.24) is 0 Å². The van der Waals surface area contributed by atoms with E-state index in [9.17, 15) is 9.59 Å². The average Bonchev–Trinajstić information content (AvgIpc) is 3.13. The Balaban J connectivity index is 2.76. The summed E-state index contributed by atoms with van der Waals surface area (Å²) in [4.78, 5) is 28.5. The molecule has 0 aliphatic rings. The van der Waals surface area contributed by atoms with Gasteiger partial charge in [0, 0.05) is 0 Å². The molecule has 0 radical (unpaired) electrons. The number of carbonyl (C=O) groups is 2. The van der Waals surface area contributed by atoms with Crippen LogP contribution in [0, 0.1) is 0 Å². The van der Waals surface area contributed by atoms with Crippen LogP contribution in [0.2, 0.25) is 17.7 Å². The average molecular weight is 904 g/mol. The Morgan fingerprint density at radius 3 is 0.959 bits per heavy atom. The molecule has 2 aromatic rings. The van der Waals surface area contributed by atoms with Crippen LogP contribution in [0.3, 0.4) is 0 Å². The molecule has 0 unspecified atom stereocenters. The van der Waals surface area contributed by atoms with Gasteiger partial charge in [-0.05, 0) is 0 Å². The Morgan fingerprint density at radius 1 is 0.449 bits per heavy atom. The summed E-state index contributed by atoms with van der Waals surface area (Å²) >= 11 is -8.81. The molecule has 276 valence electrons. The molecule has 2 rings (SSSR count). The van der Waals surface area contributed by atoms with Crippen LogP contribution in [0.25, 0.3) is 0 Å². The van der Waals surface area contributed by atoms with Gasteiger partial charge in [-0.15, -0.1) is 0 Å². The summed E-state index contributed by atoms with van der Waals surface area (Å²) in [5, 5.41) is 0. The third kappa shape index (κ3) is 11.9. The zero-order chi connectivity index (χ0) is 36.5. The van der Waals surface area contributed by atoms with Crippen molar-refractivity contribution < 1.29 is 45.6 Å². The zero-order valence-corrected chi connectivity index (χ0v) is 37.0. The number of benzene rings is 2. The number of hydrogen-bond acceptors (Lipinski definition) is 11. The molecule has 0 spiro atoms. The van der Waals surface area contributed by atoms with Gasteiger partial charge < -0.3 is 0 Å². The van der Waals surface area contributed by atoms with Gasteiger partial charge in [-0.2, -0.15) is 0 Å². The van der Waals surface area contributed by atoms with Crippen molar-refractivity contribution in [2.75, 3.05) is 42.7 Å². The molecule has 2 aromatic carbocycles. The van der Waals surface area contributed by atoms with Gasteiger partial charge in [-0.3, -0.25) is 0 Å². The van der Waals surface area contributed by atoms with E-state index in [1.807, 2.05) is 0 Å². The molecule has 0 N–H and O–H groups in total. The van der Waals surface area contributed by atoms with Crippen molar-refractivity contribution in [3.05, 3.63) is 35.4 Å². The van der Waals surface area contributed by atoms with Gasteiger partial charge >= 0.3 is 305 Å². The van der Waals surface area contributed by atoms with E-state index in [0.29, 0.717) is 52.2 Å². The van der Waals surface area contributed by atoms with E-state index in [0.717, 1.165) is 51.4 Å². The SMILES string of the molecule is CCC[CH2][Sn]([CH2]CCC)([O]C(=O)c1cc(OC)c(OC)cc1OC)[O][Sn]([CH2]CCC)([CH2]CCC)[O]C(=O)c1cc(OC)c(OC)cc1OC. The van der Waals surface area contributed by atoms with Crippen molar-refractivity contribution in [2.45, 2.75) is 96.8 Å². The Bertz CT molecular complexity index is 1220. The summed E-state index contributed by atoms with van der Waals surface area (Å²) in [6, 6.07) is 6.42. The van der Waals surface area contributed by atoms with Gasteiger partial charge in [0.25, 0.3) is 0 Å². The predicted octanol–water partition coefficient (Wildman–Crippen LogP) is 8.85. The third-order valence-electron chi connectivity index (χ3n) is 8.43. The van der Waals surface area contributed by atoms with E-state index in [1.165, 1.54) is 42.7 Å². The summed E-state index contributed by atoms with van der Waals surface area (Å²) < 4.78 is 56.7. The molecule has 0 aliphatic carbocycles. The van der Waals surface area contributed by atoms with E-state index in [2.05, 4.69) is 27.7 Å². The molecule has 0 bridgehead atoms. The van der Waals surface area contributed by atoms with Crippen LogP contribution in [-0.4, -0.2) is 93.0 Å². The second kappa shape index (κ2) is 21.8. The molecule has 0 saturated heterocycles. The minimum atomic E-state index is -4.40. The number of rotatable bonds is 24. The molecule has 0 aliphatic heterocycles. The Kier molecular flexibility index (Phi) is 19.1. The van der Waals surface area contributed by atoms with Gasteiger partial charge in [0.1, 0.15) is 0 Å². The van der Waals surface area contributed by atoms with Crippen molar-refractivity contribution in [3.8, 4) is 34.5 Å². The summed E-state index contributed by atoms with van der Waals surface area (Å²) in [5.41, 5.74) is 0.459. The number of unbranched alkanes of at least 4 members (excludes halogenated alkanes) is 4. The van der Waals surface area contributed by atoms with Crippen LogP contribution >= 0.6 is 0 Å². The normalized spacial score (nSPS) is 11.5. The Morgan fingerprint density at radius 2 is 0.714 bits per heavy atom. The van der Waals surface area contributed by atoms with Gasteiger partial charge in [0.15, 0.2) is 0 Å². The molecule has 0 saturated carbocycles. The van der Waals surface area contributed by atoms with E-state index >= 15 is 0 Å².